The first-order valence-corrected chi connectivity index (χ1v) is 11.8. The lowest BCUT2D eigenvalue weighted by Gasteiger charge is -2.31. The van der Waals surface area contributed by atoms with E-state index < -0.39 is 0 Å². The smallest absolute Gasteiger partial charge is 0.225 e. The van der Waals surface area contributed by atoms with Crippen LogP contribution in [0.5, 0.6) is 0 Å². The number of carbonyl (C=O) groups excluding carboxylic acids is 1. The number of piperidine rings is 1. The number of aryl methyl sites for hydroxylation is 1. The van der Waals surface area contributed by atoms with Crippen molar-refractivity contribution in [1.82, 2.24) is 19.9 Å². The maximum absolute atomic E-state index is 12.7. The van der Waals surface area contributed by atoms with Crippen LogP contribution in [0.25, 0.3) is 16.2 Å². The number of imidazole rings is 1. The fraction of sp³-hybridized carbons (Fsp3) is 0.318. The van der Waals surface area contributed by atoms with Crippen molar-refractivity contribution in [3.8, 4) is 11.3 Å². The predicted octanol–water partition coefficient (Wildman–Crippen LogP) is 4.36. The number of hydrogen-bond donors (Lipinski definition) is 1. The minimum atomic E-state index is -0.00180. The molecule has 1 aliphatic heterocycles. The third-order valence-corrected chi connectivity index (χ3v) is 7.32. The van der Waals surface area contributed by atoms with E-state index in [1.807, 2.05) is 28.2 Å². The fourth-order valence-electron chi connectivity index (χ4n) is 3.78. The summed E-state index contributed by atoms with van der Waals surface area (Å²) in [6.07, 6.45) is 3.90. The molecule has 1 aliphatic rings. The molecular formula is C22H23N5OS2. The molecule has 1 aromatic carbocycles. The Morgan fingerprint density at radius 2 is 2.13 bits per heavy atom. The van der Waals surface area contributed by atoms with Crippen molar-refractivity contribution < 1.29 is 4.79 Å². The van der Waals surface area contributed by atoms with Crippen molar-refractivity contribution in [2.45, 2.75) is 26.3 Å². The Labute approximate surface area is 183 Å². The average Bonchev–Trinajstić information content (AvgIpc) is 3.49. The summed E-state index contributed by atoms with van der Waals surface area (Å²) in [5.74, 6) is 0.133. The van der Waals surface area contributed by atoms with Gasteiger partial charge in [-0.2, -0.15) is 0 Å². The predicted molar refractivity (Wildman–Crippen MR) is 122 cm³/mol. The molecule has 0 aliphatic carbocycles. The number of amides is 1. The lowest BCUT2D eigenvalue weighted by molar-refractivity contribution is -0.125. The zero-order valence-corrected chi connectivity index (χ0v) is 18.4. The van der Waals surface area contributed by atoms with E-state index in [2.05, 4.69) is 41.4 Å². The van der Waals surface area contributed by atoms with Crippen LogP contribution < -0.4 is 10.2 Å². The van der Waals surface area contributed by atoms with Crippen LogP contribution in [0, 0.1) is 12.8 Å². The van der Waals surface area contributed by atoms with Gasteiger partial charge < -0.3 is 10.2 Å². The van der Waals surface area contributed by atoms with Gasteiger partial charge in [-0.15, -0.1) is 16.4 Å². The normalized spacial score (nSPS) is 16.8. The summed E-state index contributed by atoms with van der Waals surface area (Å²) in [6.45, 7) is 4.32. The van der Waals surface area contributed by atoms with E-state index in [9.17, 15) is 4.79 Å². The number of thiophene rings is 1. The number of carbonyl (C=O) groups is 1. The number of anilines is 1. The quantitative estimate of drug-likeness (QED) is 0.504. The first-order valence-electron chi connectivity index (χ1n) is 10.1. The number of hydrogen-bond acceptors (Lipinski definition) is 6. The van der Waals surface area contributed by atoms with E-state index >= 15 is 0 Å². The Kier molecular flexibility index (Phi) is 5.26. The molecule has 30 heavy (non-hydrogen) atoms. The first-order chi connectivity index (χ1) is 14.7. The zero-order chi connectivity index (χ0) is 20.5. The monoisotopic (exact) mass is 437 g/mol. The van der Waals surface area contributed by atoms with Crippen molar-refractivity contribution in [2.75, 3.05) is 18.0 Å². The van der Waals surface area contributed by atoms with Gasteiger partial charge in [-0.1, -0.05) is 47.2 Å². The Hall–Kier alpha value is -2.71. The van der Waals surface area contributed by atoms with Gasteiger partial charge in [0, 0.05) is 23.5 Å². The summed E-state index contributed by atoms with van der Waals surface area (Å²) < 4.78 is 1.86. The van der Waals surface area contributed by atoms with Gasteiger partial charge in [-0.05, 0) is 31.2 Å². The van der Waals surface area contributed by atoms with E-state index in [4.69, 9.17) is 10.1 Å². The zero-order valence-electron chi connectivity index (χ0n) is 16.7. The SMILES string of the molecule is Cc1ccc(-c2cn3nc(N4CCC[C@@H](C(=O)NCc5cccs5)C4)sc3n2)cc1. The van der Waals surface area contributed by atoms with E-state index in [1.54, 1.807) is 22.7 Å². The Morgan fingerprint density at radius 3 is 2.90 bits per heavy atom. The molecule has 0 spiro atoms. The van der Waals surface area contributed by atoms with Gasteiger partial charge in [-0.3, -0.25) is 4.79 Å². The summed E-state index contributed by atoms with van der Waals surface area (Å²) in [5.41, 5.74) is 3.27. The van der Waals surface area contributed by atoms with Crippen LogP contribution in [-0.2, 0) is 11.3 Å². The number of fused-ring (bicyclic) bond motifs is 1. The van der Waals surface area contributed by atoms with Gasteiger partial charge in [0.2, 0.25) is 16.0 Å². The second-order valence-corrected chi connectivity index (χ2v) is 9.65. The molecule has 1 atom stereocenters. The van der Waals surface area contributed by atoms with Gasteiger partial charge >= 0.3 is 0 Å². The molecule has 3 aromatic heterocycles. The summed E-state index contributed by atoms with van der Waals surface area (Å²) >= 11 is 3.25. The van der Waals surface area contributed by atoms with Crippen LogP contribution in [0.1, 0.15) is 23.3 Å². The topological polar surface area (TPSA) is 62.5 Å². The molecule has 0 radical (unpaired) electrons. The van der Waals surface area contributed by atoms with Crippen molar-refractivity contribution >= 4 is 38.7 Å². The highest BCUT2D eigenvalue weighted by molar-refractivity contribution is 7.20. The maximum atomic E-state index is 12.7. The lowest BCUT2D eigenvalue weighted by Crippen LogP contribution is -2.42. The minimum absolute atomic E-state index is 0.00180. The van der Waals surface area contributed by atoms with Crippen LogP contribution in [0.15, 0.2) is 48.0 Å². The van der Waals surface area contributed by atoms with Crippen LogP contribution in [0.4, 0.5) is 5.13 Å². The Balaban J connectivity index is 1.27. The lowest BCUT2D eigenvalue weighted by atomic mass is 9.97. The molecule has 0 unspecified atom stereocenters. The molecule has 1 fully saturated rings. The first kappa shape index (κ1) is 19.3. The third-order valence-electron chi connectivity index (χ3n) is 5.46. The summed E-state index contributed by atoms with van der Waals surface area (Å²) in [4.78, 5) is 21.7. The molecule has 4 heterocycles. The number of aromatic nitrogens is 3. The van der Waals surface area contributed by atoms with E-state index in [0.717, 1.165) is 40.7 Å². The molecule has 154 valence electrons. The van der Waals surface area contributed by atoms with Crippen molar-refractivity contribution in [3.63, 3.8) is 0 Å². The molecular weight excluding hydrogens is 414 g/mol. The standard InChI is InChI=1S/C22H23N5OS2/c1-15-6-8-16(9-7-15)19-14-27-21(24-19)30-22(25-27)26-10-2-4-17(13-26)20(28)23-12-18-5-3-11-29-18/h3,5-9,11,14,17H,2,4,10,12-13H2,1H3,(H,23,28)/t17-/m1/s1. The maximum Gasteiger partial charge on any atom is 0.225 e. The molecule has 5 rings (SSSR count). The van der Waals surface area contributed by atoms with Crippen LogP contribution in [-0.4, -0.2) is 33.6 Å². The van der Waals surface area contributed by atoms with Gasteiger partial charge in [0.1, 0.15) is 0 Å². The third kappa shape index (κ3) is 3.97. The fourth-order valence-corrected chi connectivity index (χ4v) is 5.34. The van der Waals surface area contributed by atoms with Crippen LogP contribution in [0.2, 0.25) is 0 Å². The molecule has 1 amide bonds. The van der Waals surface area contributed by atoms with Gasteiger partial charge in [0.25, 0.3) is 0 Å². The Bertz CT molecular complexity index is 1110. The summed E-state index contributed by atoms with van der Waals surface area (Å²) in [7, 11) is 0. The van der Waals surface area contributed by atoms with Crippen molar-refractivity contribution in [3.05, 3.63) is 58.4 Å². The number of benzene rings is 1. The van der Waals surface area contributed by atoms with E-state index in [0.29, 0.717) is 13.1 Å². The molecule has 1 N–H and O–H groups in total. The van der Waals surface area contributed by atoms with Gasteiger partial charge in [0.05, 0.1) is 24.4 Å². The second kappa shape index (κ2) is 8.20. The number of nitrogens with one attached hydrogen (secondary N) is 1. The summed E-state index contributed by atoms with van der Waals surface area (Å²) in [6, 6.07) is 12.4. The largest absolute Gasteiger partial charge is 0.351 e. The van der Waals surface area contributed by atoms with Gasteiger partial charge in [0.15, 0.2) is 0 Å². The molecule has 6 nitrogen and oxygen atoms in total. The summed E-state index contributed by atoms with van der Waals surface area (Å²) in [5, 5.41) is 10.8. The molecule has 1 saturated heterocycles. The Morgan fingerprint density at radius 1 is 1.27 bits per heavy atom. The second-order valence-electron chi connectivity index (χ2n) is 7.69. The van der Waals surface area contributed by atoms with Crippen LogP contribution >= 0.6 is 22.7 Å². The average molecular weight is 438 g/mol. The van der Waals surface area contributed by atoms with Crippen LogP contribution in [0.3, 0.4) is 0 Å². The molecule has 0 saturated carbocycles. The molecule has 4 aromatic rings. The van der Waals surface area contributed by atoms with Crippen molar-refractivity contribution in [1.29, 1.82) is 0 Å². The van der Waals surface area contributed by atoms with Gasteiger partial charge in [-0.25, -0.2) is 9.50 Å². The number of rotatable bonds is 5. The number of nitrogens with zero attached hydrogens (tertiary/aromatic N) is 4. The molecule has 0 bridgehead atoms. The van der Waals surface area contributed by atoms with Crippen molar-refractivity contribution in [2.24, 2.45) is 5.92 Å². The highest BCUT2D eigenvalue weighted by Gasteiger charge is 2.27. The highest BCUT2D eigenvalue weighted by atomic mass is 32.1. The van der Waals surface area contributed by atoms with E-state index in [1.165, 1.54) is 10.4 Å². The highest BCUT2D eigenvalue weighted by Crippen LogP contribution is 2.30. The minimum Gasteiger partial charge on any atom is -0.351 e. The van der Waals surface area contributed by atoms with E-state index in [-0.39, 0.29) is 11.8 Å². The molecule has 8 heteroatoms.